The molecule has 1 heterocycles. The van der Waals surface area contributed by atoms with E-state index < -0.39 is 5.91 Å². The molecular formula is C19H23ClN4O3. The second kappa shape index (κ2) is 9.23. The number of carbonyl (C=O) groups is 2. The van der Waals surface area contributed by atoms with Crippen LogP contribution in [0.1, 0.15) is 38.1 Å². The maximum atomic E-state index is 12.5. The molecule has 0 saturated carbocycles. The molecule has 8 heteroatoms. The molecule has 3 N–H and O–H groups in total. The fourth-order valence-electron chi connectivity index (χ4n) is 2.18. The van der Waals surface area contributed by atoms with Crippen LogP contribution < -0.4 is 20.7 Å². The molecule has 3 amide bonds. The quantitative estimate of drug-likeness (QED) is 0.685. The largest absolute Gasteiger partial charge is 0.474 e. The van der Waals surface area contributed by atoms with Gasteiger partial charge in [-0.1, -0.05) is 23.7 Å². The van der Waals surface area contributed by atoms with Gasteiger partial charge < -0.3 is 20.7 Å². The number of halogens is 1. The van der Waals surface area contributed by atoms with Crippen molar-refractivity contribution in [3.8, 4) is 5.88 Å². The summed E-state index contributed by atoms with van der Waals surface area (Å²) < 4.78 is 5.46. The average molecular weight is 391 g/mol. The van der Waals surface area contributed by atoms with Crippen molar-refractivity contribution in [3.63, 3.8) is 0 Å². The second-order valence-corrected chi connectivity index (χ2v) is 6.84. The van der Waals surface area contributed by atoms with E-state index in [1.54, 1.807) is 24.3 Å². The van der Waals surface area contributed by atoms with Crippen LogP contribution in [-0.2, 0) is 0 Å². The molecule has 0 spiro atoms. The van der Waals surface area contributed by atoms with Crippen LogP contribution in [0.4, 0.5) is 16.2 Å². The van der Waals surface area contributed by atoms with E-state index in [9.17, 15) is 9.59 Å². The van der Waals surface area contributed by atoms with Gasteiger partial charge in [-0.3, -0.25) is 4.79 Å². The van der Waals surface area contributed by atoms with Gasteiger partial charge in [0, 0.05) is 12.2 Å². The van der Waals surface area contributed by atoms with Crippen molar-refractivity contribution in [2.24, 2.45) is 0 Å². The van der Waals surface area contributed by atoms with Gasteiger partial charge in [0.2, 0.25) is 5.88 Å². The number of pyridine rings is 1. The predicted octanol–water partition coefficient (Wildman–Crippen LogP) is 4.30. The molecular weight excluding hydrogens is 368 g/mol. The number of ether oxygens (including phenoxy) is 1. The molecule has 0 bridgehead atoms. The number of hydrogen-bond donors (Lipinski definition) is 3. The summed E-state index contributed by atoms with van der Waals surface area (Å²) >= 11 is 6.14. The van der Waals surface area contributed by atoms with E-state index in [1.807, 2.05) is 27.7 Å². The zero-order valence-electron chi connectivity index (χ0n) is 15.7. The number of para-hydroxylation sites is 2. The number of benzene rings is 1. The van der Waals surface area contributed by atoms with Crippen LogP contribution in [-0.4, -0.2) is 29.1 Å². The highest BCUT2D eigenvalue weighted by Crippen LogP contribution is 2.25. The normalized spacial score (nSPS) is 10.6. The number of amides is 3. The minimum absolute atomic E-state index is 0.00783. The van der Waals surface area contributed by atoms with Gasteiger partial charge in [0.05, 0.1) is 23.0 Å². The standard InChI is InChI=1S/C19H23ClN4O3/c1-11(2)22-19(26)24-16-8-6-5-7-15(16)23-17(25)13-9-14(20)18(21-10-13)27-12(3)4/h5-12H,1-4H3,(H,23,25)(H2,22,24,26). The SMILES string of the molecule is CC(C)NC(=O)Nc1ccccc1NC(=O)c1cnc(OC(C)C)c(Cl)c1. The Bertz CT molecular complexity index is 824. The van der Waals surface area contributed by atoms with Gasteiger partial charge in [-0.15, -0.1) is 0 Å². The number of urea groups is 1. The third-order valence-electron chi connectivity index (χ3n) is 3.26. The lowest BCUT2D eigenvalue weighted by Gasteiger charge is -2.14. The number of aromatic nitrogens is 1. The Morgan fingerprint density at radius 2 is 1.70 bits per heavy atom. The molecule has 0 aliphatic rings. The summed E-state index contributed by atoms with van der Waals surface area (Å²) in [6.45, 7) is 7.43. The predicted molar refractivity (Wildman–Crippen MR) is 107 cm³/mol. The van der Waals surface area contributed by atoms with Crippen LogP contribution in [0.5, 0.6) is 5.88 Å². The van der Waals surface area contributed by atoms with Crippen LogP contribution in [0.2, 0.25) is 5.02 Å². The highest BCUT2D eigenvalue weighted by Gasteiger charge is 2.14. The highest BCUT2D eigenvalue weighted by molar-refractivity contribution is 6.32. The van der Waals surface area contributed by atoms with Crippen molar-refractivity contribution in [2.45, 2.75) is 39.8 Å². The lowest BCUT2D eigenvalue weighted by Crippen LogP contribution is -2.34. The number of nitrogens with one attached hydrogen (secondary N) is 3. The first-order chi connectivity index (χ1) is 12.8. The summed E-state index contributed by atoms with van der Waals surface area (Å²) in [6, 6.07) is 8.03. The smallest absolute Gasteiger partial charge is 0.319 e. The lowest BCUT2D eigenvalue weighted by molar-refractivity contribution is 0.102. The minimum atomic E-state index is -0.404. The van der Waals surface area contributed by atoms with Gasteiger partial charge in [0.15, 0.2) is 0 Å². The molecule has 2 rings (SSSR count). The molecule has 144 valence electrons. The second-order valence-electron chi connectivity index (χ2n) is 6.43. The van der Waals surface area contributed by atoms with E-state index in [0.717, 1.165) is 0 Å². The molecule has 0 saturated heterocycles. The van der Waals surface area contributed by atoms with Crippen LogP contribution in [0.15, 0.2) is 36.5 Å². The van der Waals surface area contributed by atoms with E-state index in [-0.39, 0.29) is 34.6 Å². The van der Waals surface area contributed by atoms with Crippen LogP contribution in [0.3, 0.4) is 0 Å². The monoisotopic (exact) mass is 390 g/mol. The van der Waals surface area contributed by atoms with E-state index in [4.69, 9.17) is 16.3 Å². The third-order valence-corrected chi connectivity index (χ3v) is 3.53. The molecule has 0 aliphatic heterocycles. The lowest BCUT2D eigenvalue weighted by atomic mass is 10.2. The summed E-state index contributed by atoms with van der Waals surface area (Å²) in [4.78, 5) is 28.6. The van der Waals surface area contributed by atoms with Crippen molar-refractivity contribution in [3.05, 3.63) is 47.1 Å². The number of rotatable bonds is 6. The number of carbonyl (C=O) groups excluding carboxylic acids is 2. The first kappa shape index (κ1) is 20.5. The van der Waals surface area contributed by atoms with Gasteiger partial charge >= 0.3 is 6.03 Å². The maximum Gasteiger partial charge on any atom is 0.319 e. The molecule has 1 aromatic heterocycles. The van der Waals surface area contributed by atoms with Crippen molar-refractivity contribution in [1.82, 2.24) is 10.3 Å². The third kappa shape index (κ3) is 6.14. The number of nitrogens with zero attached hydrogens (tertiary/aromatic N) is 1. The van der Waals surface area contributed by atoms with Crippen molar-refractivity contribution in [2.75, 3.05) is 10.6 Å². The fourth-order valence-corrected chi connectivity index (χ4v) is 2.39. The Morgan fingerprint density at radius 3 is 2.26 bits per heavy atom. The molecule has 0 aliphatic carbocycles. The Morgan fingerprint density at radius 1 is 1.07 bits per heavy atom. The molecule has 27 heavy (non-hydrogen) atoms. The Hall–Kier alpha value is -2.80. The van der Waals surface area contributed by atoms with Crippen molar-refractivity contribution < 1.29 is 14.3 Å². The first-order valence-corrected chi connectivity index (χ1v) is 8.94. The van der Waals surface area contributed by atoms with Crippen LogP contribution in [0, 0.1) is 0 Å². The zero-order valence-corrected chi connectivity index (χ0v) is 16.4. The summed E-state index contributed by atoms with van der Waals surface area (Å²) in [5.74, 6) is -0.130. The summed E-state index contributed by atoms with van der Waals surface area (Å²) in [7, 11) is 0. The number of anilines is 2. The minimum Gasteiger partial charge on any atom is -0.474 e. The molecule has 0 radical (unpaired) electrons. The molecule has 0 unspecified atom stereocenters. The van der Waals surface area contributed by atoms with Crippen LogP contribution >= 0.6 is 11.6 Å². The zero-order chi connectivity index (χ0) is 20.0. The molecule has 2 aromatic rings. The Kier molecular flexibility index (Phi) is 7.01. The summed E-state index contributed by atoms with van der Waals surface area (Å²) in [6.07, 6.45) is 1.31. The summed E-state index contributed by atoms with van der Waals surface area (Å²) in [5.41, 5.74) is 1.21. The van der Waals surface area contributed by atoms with Gasteiger partial charge in [0.25, 0.3) is 5.91 Å². The highest BCUT2D eigenvalue weighted by atomic mass is 35.5. The fraction of sp³-hybridized carbons (Fsp3) is 0.316. The van der Waals surface area contributed by atoms with Crippen LogP contribution in [0.25, 0.3) is 0 Å². The van der Waals surface area contributed by atoms with E-state index in [0.29, 0.717) is 11.4 Å². The van der Waals surface area contributed by atoms with E-state index in [2.05, 4.69) is 20.9 Å². The van der Waals surface area contributed by atoms with Gasteiger partial charge in [-0.25, -0.2) is 9.78 Å². The van der Waals surface area contributed by atoms with E-state index >= 15 is 0 Å². The van der Waals surface area contributed by atoms with Crippen molar-refractivity contribution >= 4 is 34.9 Å². The average Bonchev–Trinajstić information content (AvgIpc) is 2.57. The number of hydrogen-bond acceptors (Lipinski definition) is 4. The maximum absolute atomic E-state index is 12.5. The van der Waals surface area contributed by atoms with Crippen molar-refractivity contribution in [1.29, 1.82) is 0 Å². The molecule has 1 aromatic carbocycles. The summed E-state index contributed by atoms with van der Waals surface area (Å²) in [5, 5.41) is 8.44. The van der Waals surface area contributed by atoms with Gasteiger partial charge in [-0.05, 0) is 45.9 Å². The molecule has 7 nitrogen and oxygen atoms in total. The van der Waals surface area contributed by atoms with Gasteiger partial charge in [0.1, 0.15) is 5.02 Å². The Balaban J connectivity index is 2.14. The first-order valence-electron chi connectivity index (χ1n) is 8.56. The topological polar surface area (TPSA) is 92.4 Å². The Labute approximate surface area is 163 Å². The van der Waals surface area contributed by atoms with Gasteiger partial charge in [-0.2, -0.15) is 0 Å². The van der Waals surface area contributed by atoms with E-state index in [1.165, 1.54) is 12.3 Å². The molecule has 0 atom stereocenters. The molecule has 0 fully saturated rings.